The Balaban J connectivity index is 0.00000128. The number of aryl methyl sites for hydroxylation is 1. The largest absolute Gasteiger partial charge is 0.481 e. The number of halogens is 3. The Morgan fingerprint density at radius 3 is 2.75 bits per heavy atom. The van der Waals surface area contributed by atoms with Gasteiger partial charge in [0.05, 0.1) is 5.92 Å². The molecule has 0 fully saturated rings. The zero-order chi connectivity index (χ0) is 11.0. The van der Waals surface area contributed by atoms with E-state index in [4.69, 9.17) is 5.11 Å². The van der Waals surface area contributed by atoms with Crippen LogP contribution in [0.3, 0.4) is 0 Å². The number of rotatable bonds is 2. The molecule has 0 saturated heterocycles. The normalized spacial score (nSPS) is 19.1. The van der Waals surface area contributed by atoms with Gasteiger partial charge in [0.15, 0.2) is 5.82 Å². The second kappa shape index (κ2) is 4.73. The Morgan fingerprint density at radius 2 is 2.19 bits per heavy atom. The highest BCUT2D eigenvalue weighted by Crippen LogP contribution is 2.24. The van der Waals surface area contributed by atoms with Crippen molar-refractivity contribution in [2.24, 2.45) is 5.92 Å². The molecule has 0 spiro atoms. The summed E-state index contributed by atoms with van der Waals surface area (Å²) in [6.45, 7) is 0.0390. The van der Waals surface area contributed by atoms with Gasteiger partial charge in [-0.05, 0) is 6.42 Å². The lowest BCUT2D eigenvalue weighted by molar-refractivity contribution is -0.142. The molecule has 0 radical (unpaired) electrons. The number of aromatic nitrogens is 3. The second-order valence-electron chi connectivity index (χ2n) is 3.46. The van der Waals surface area contributed by atoms with E-state index < -0.39 is 24.1 Å². The first-order valence-corrected chi connectivity index (χ1v) is 4.52. The van der Waals surface area contributed by atoms with Gasteiger partial charge in [0.1, 0.15) is 5.82 Å². The van der Waals surface area contributed by atoms with Crippen LogP contribution in [0.25, 0.3) is 0 Å². The van der Waals surface area contributed by atoms with Crippen molar-refractivity contribution in [2.45, 2.75) is 25.8 Å². The van der Waals surface area contributed by atoms with E-state index in [1.54, 1.807) is 0 Å². The predicted octanol–water partition coefficient (Wildman–Crippen LogP) is 1.28. The summed E-state index contributed by atoms with van der Waals surface area (Å²) < 4.78 is 26.1. The fraction of sp³-hybridized carbons (Fsp3) is 0.625. The summed E-state index contributed by atoms with van der Waals surface area (Å²) in [4.78, 5) is 10.7. The molecule has 1 N–H and O–H groups in total. The van der Waals surface area contributed by atoms with Crippen molar-refractivity contribution in [1.29, 1.82) is 0 Å². The molecule has 0 bridgehead atoms. The van der Waals surface area contributed by atoms with Crippen LogP contribution in [0.5, 0.6) is 0 Å². The van der Waals surface area contributed by atoms with Gasteiger partial charge >= 0.3 is 5.97 Å². The van der Waals surface area contributed by atoms with Crippen LogP contribution in [0.2, 0.25) is 0 Å². The fourth-order valence-electron chi connectivity index (χ4n) is 1.71. The number of carboxylic acid groups (broad SMARTS) is 1. The number of nitrogens with zero attached hydrogens (tertiary/aromatic N) is 3. The van der Waals surface area contributed by atoms with Crippen molar-refractivity contribution in [1.82, 2.24) is 14.8 Å². The average Bonchev–Trinajstić information content (AvgIpc) is 2.59. The molecule has 2 heterocycles. The molecule has 1 aliphatic rings. The molecule has 0 saturated carbocycles. The predicted molar refractivity (Wildman–Crippen MR) is 51.7 cm³/mol. The molecule has 1 unspecified atom stereocenters. The van der Waals surface area contributed by atoms with Crippen LogP contribution in [-0.2, 0) is 17.8 Å². The highest BCUT2D eigenvalue weighted by atomic mass is 35.5. The van der Waals surface area contributed by atoms with E-state index in [2.05, 4.69) is 10.2 Å². The summed E-state index contributed by atoms with van der Waals surface area (Å²) in [7, 11) is 0. The van der Waals surface area contributed by atoms with E-state index in [9.17, 15) is 13.6 Å². The summed E-state index contributed by atoms with van der Waals surface area (Å²) in [6, 6.07) is 0. The van der Waals surface area contributed by atoms with Crippen LogP contribution in [0, 0.1) is 5.92 Å². The van der Waals surface area contributed by atoms with E-state index >= 15 is 0 Å². The first-order chi connectivity index (χ1) is 7.09. The smallest absolute Gasteiger partial charge is 0.308 e. The third-order valence-electron chi connectivity index (χ3n) is 2.52. The molecule has 1 aromatic rings. The molecule has 5 nitrogen and oxygen atoms in total. The lowest BCUT2D eigenvalue weighted by atomic mass is 10.00. The van der Waals surface area contributed by atoms with Crippen molar-refractivity contribution < 1.29 is 18.7 Å². The van der Waals surface area contributed by atoms with Gasteiger partial charge in [-0.25, -0.2) is 8.78 Å². The van der Waals surface area contributed by atoms with Gasteiger partial charge in [-0.3, -0.25) is 4.79 Å². The summed E-state index contributed by atoms with van der Waals surface area (Å²) in [5.41, 5.74) is 0. The van der Waals surface area contributed by atoms with Gasteiger partial charge < -0.3 is 9.67 Å². The zero-order valence-electron chi connectivity index (χ0n) is 8.14. The molecular weight excluding hydrogens is 244 g/mol. The van der Waals surface area contributed by atoms with Crippen LogP contribution in [0.4, 0.5) is 8.78 Å². The molecule has 16 heavy (non-hydrogen) atoms. The number of hydrogen-bond acceptors (Lipinski definition) is 3. The van der Waals surface area contributed by atoms with Gasteiger partial charge in [0.2, 0.25) is 0 Å². The van der Waals surface area contributed by atoms with Crippen LogP contribution >= 0.6 is 12.4 Å². The molecule has 1 aliphatic heterocycles. The van der Waals surface area contributed by atoms with E-state index in [-0.39, 0.29) is 19.0 Å². The fourth-order valence-corrected chi connectivity index (χ4v) is 1.71. The molecule has 1 atom stereocenters. The summed E-state index contributed by atoms with van der Waals surface area (Å²) in [5.74, 6) is -1.57. The molecule has 0 aromatic carbocycles. The van der Waals surface area contributed by atoms with E-state index in [0.29, 0.717) is 18.7 Å². The Bertz CT molecular complexity index is 397. The van der Waals surface area contributed by atoms with Crippen molar-refractivity contribution in [3.63, 3.8) is 0 Å². The minimum Gasteiger partial charge on any atom is -0.481 e. The highest BCUT2D eigenvalue weighted by molar-refractivity contribution is 5.85. The molecule has 8 heteroatoms. The molecule has 1 aromatic heterocycles. The second-order valence-corrected chi connectivity index (χ2v) is 3.46. The number of fused-ring (bicyclic) bond motifs is 1. The van der Waals surface area contributed by atoms with Crippen molar-refractivity contribution >= 4 is 18.4 Å². The maximum absolute atomic E-state index is 12.4. The van der Waals surface area contributed by atoms with Crippen molar-refractivity contribution in [2.75, 3.05) is 0 Å². The Kier molecular flexibility index (Phi) is 3.79. The third kappa shape index (κ3) is 2.13. The number of aliphatic carboxylic acids is 1. The zero-order valence-corrected chi connectivity index (χ0v) is 8.95. The Labute approximate surface area is 95.9 Å². The van der Waals surface area contributed by atoms with Crippen LogP contribution < -0.4 is 0 Å². The SMILES string of the molecule is Cl.O=C(O)C1CCc2nnc(C(F)F)n2C1. The van der Waals surface area contributed by atoms with Gasteiger partial charge in [-0.1, -0.05) is 0 Å². The number of alkyl halides is 2. The van der Waals surface area contributed by atoms with Crippen LogP contribution in [0.1, 0.15) is 24.5 Å². The molecule has 90 valence electrons. The van der Waals surface area contributed by atoms with E-state index in [0.717, 1.165) is 0 Å². The first-order valence-electron chi connectivity index (χ1n) is 4.52. The summed E-state index contributed by atoms with van der Waals surface area (Å²) in [6.07, 6.45) is -1.90. The molecule has 2 rings (SSSR count). The number of hydrogen-bond donors (Lipinski definition) is 1. The van der Waals surface area contributed by atoms with Gasteiger partial charge in [0, 0.05) is 13.0 Å². The quantitative estimate of drug-likeness (QED) is 0.862. The standard InChI is InChI=1S/C8H9F2N3O2.ClH/c9-6(10)7-12-11-5-2-1-4(8(14)15)3-13(5)7;/h4,6H,1-3H2,(H,14,15);1H. The highest BCUT2D eigenvalue weighted by Gasteiger charge is 2.29. The monoisotopic (exact) mass is 253 g/mol. The maximum Gasteiger partial charge on any atom is 0.308 e. The first kappa shape index (κ1) is 12.8. The van der Waals surface area contributed by atoms with Gasteiger partial charge in [-0.2, -0.15) is 0 Å². The maximum atomic E-state index is 12.4. The molecule has 0 aliphatic carbocycles. The summed E-state index contributed by atoms with van der Waals surface area (Å²) in [5, 5.41) is 15.8. The van der Waals surface area contributed by atoms with Crippen molar-refractivity contribution in [3.05, 3.63) is 11.6 Å². The topological polar surface area (TPSA) is 68.0 Å². The van der Waals surface area contributed by atoms with Crippen LogP contribution in [0.15, 0.2) is 0 Å². The lowest BCUT2D eigenvalue weighted by Gasteiger charge is -2.20. The van der Waals surface area contributed by atoms with E-state index in [1.165, 1.54) is 4.57 Å². The average molecular weight is 254 g/mol. The minimum atomic E-state index is -2.71. The van der Waals surface area contributed by atoms with Crippen molar-refractivity contribution in [3.8, 4) is 0 Å². The number of carbonyl (C=O) groups is 1. The van der Waals surface area contributed by atoms with Gasteiger partial charge in [0.25, 0.3) is 6.43 Å². The molecule has 0 amide bonds. The van der Waals surface area contributed by atoms with Gasteiger partial charge in [-0.15, -0.1) is 22.6 Å². The minimum absolute atomic E-state index is 0. The third-order valence-corrected chi connectivity index (χ3v) is 2.52. The Morgan fingerprint density at radius 1 is 1.50 bits per heavy atom. The Hall–Kier alpha value is -1.24. The molecular formula is C8H10ClF2N3O2. The van der Waals surface area contributed by atoms with E-state index in [1.807, 2.05) is 0 Å². The summed E-state index contributed by atoms with van der Waals surface area (Å²) >= 11 is 0. The lowest BCUT2D eigenvalue weighted by Crippen LogP contribution is -2.27. The number of carboxylic acids is 1. The van der Waals surface area contributed by atoms with Crippen LogP contribution in [-0.4, -0.2) is 25.8 Å².